The first-order valence-electron chi connectivity index (χ1n) is 9.20. The van der Waals surface area contributed by atoms with Gasteiger partial charge in [-0.15, -0.1) is 0 Å². The van der Waals surface area contributed by atoms with Gasteiger partial charge in [-0.25, -0.2) is 4.79 Å². The van der Waals surface area contributed by atoms with E-state index in [0.717, 1.165) is 25.7 Å². The average molecular weight is 348 g/mol. The minimum atomic E-state index is -0.470. The highest BCUT2D eigenvalue weighted by Crippen LogP contribution is 2.41. The van der Waals surface area contributed by atoms with Crippen LogP contribution in [0.5, 0.6) is 0 Å². The highest BCUT2D eigenvalue weighted by Gasteiger charge is 2.40. The van der Waals surface area contributed by atoms with Crippen molar-refractivity contribution in [2.24, 2.45) is 0 Å². The smallest absolute Gasteiger partial charge is 0.408 e. The van der Waals surface area contributed by atoms with Gasteiger partial charge in [0.1, 0.15) is 6.54 Å². The summed E-state index contributed by atoms with van der Waals surface area (Å²) in [7, 11) is 0. The fraction of sp³-hybridized carbons (Fsp3) is 0.333. The van der Waals surface area contributed by atoms with Crippen molar-refractivity contribution in [2.75, 3.05) is 0 Å². The van der Waals surface area contributed by atoms with Crippen LogP contribution in [0.1, 0.15) is 36.4 Å². The molecule has 1 heterocycles. The number of amides is 1. The highest BCUT2D eigenvalue weighted by molar-refractivity contribution is 5.80. The Kier molecular flexibility index (Phi) is 3.48. The van der Waals surface area contributed by atoms with Crippen LogP contribution in [0.4, 0.5) is 0 Å². The summed E-state index contributed by atoms with van der Waals surface area (Å²) in [5, 5.41) is 0. The van der Waals surface area contributed by atoms with E-state index in [1.807, 2.05) is 29.2 Å². The second-order valence-electron chi connectivity index (χ2n) is 7.21. The number of hydrogen-bond donors (Lipinski definition) is 0. The van der Waals surface area contributed by atoms with Crippen molar-refractivity contribution in [3.8, 4) is 0 Å². The minimum absolute atomic E-state index is 0.00264. The zero-order chi connectivity index (χ0) is 17.7. The van der Waals surface area contributed by atoms with Gasteiger partial charge in [-0.1, -0.05) is 36.4 Å². The molecule has 5 rings (SSSR count). The van der Waals surface area contributed by atoms with E-state index >= 15 is 0 Å². The van der Waals surface area contributed by atoms with Crippen LogP contribution in [0.2, 0.25) is 0 Å². The molecule has 0 saturated heterocycles. The van der Waals surface area contributed by atoms with Gasteiger partial charge >= 0.3 is 5.76 Å². The van der Waals surface area contributed by atoms with Crippen LogP contribution in [0.25, 0.3) is 11.1 Å². The van der Waals surface area contributed by atoms with Crippen molar-refractivity contribution in [3.05, 3.63) is 70.2 Å². The van der Waals surface area contributed by atoms with E-state index in [4.69, 9.17) is 4.42 Å². The number of benzene rings is 2. The molecule has 1 amide bonds. The lowest BCUT2D eigenvalue weighted by molar-refractivity contribution is -0.135. The predicted molar refractivity (Wildman–Crippen MR) is 97.8 cm³/mol. The number of carbonyl (C=O) groups excluding carboxylic acids is 1. The normalized spacial score (nSPS) is 18.8. The molecule has 0 aliphatic heterocycles. The summed E-state index contributed by atoms with van der Waals surface area (Å²) >= 11 is 0. The molecule has 132 valence electrons. The van der Waals surface area contributed by atoms with Crippen LogP contribution in [0.3, 0.4) is 0 Å². The Balaban J connectivity index is 1.48. The maximum absolute atomic E-state index is 13.2. The van der Waals surface area contributed by atoms with Gasteiger partial charge in [0.25, 0.3) is 0 Å². The number of fused-ring (bicyclic) bond motifs is 2. The zero-order valence-electron chi connectivity index (χ0n) is 14.4. The van der Waals surface area contributed by atoms with Crippen LogP contribution in [0.15, 0.2) is 57.7 Å². The first kappa shape index (κ1) is 15.4. The van der Waals surface area contributed by atoms with Gasteiger partial charge in [0.2, 0.25) is 5.91 Å². The van der Waals surface area contributed by atoms with Crippen molar-refractivity contribution in [1.29, 1.82) is 0 Å². The summed E-state index contributed by atoms with van der Waals surface area (Å²) in [6.07, 6.45) is 4.06. The molecule has 0 unspecified atom stereocenters. The Hall–Kier alpha value is -2.82. The van der Waals surface area contributed by atoms with E-state index in [1.165, 1.54) is 15.7 Å². The minimum Gasteiger partial charge on any atom is -0.408 e. The number of carbonyl (C=O) groups is 1. The molecule has 5 heteroatoms. The quantitative estimate of drug-likeness (QED) is 0.727. The summed E-state index contributed by atoms with van der Waals surface area (Å²) in [5.41, 5.74) is 3.79. The molecule has 0 spiro atoms. The molecule has 2 aromatic carbocycles. The summed E-state index contributed by atoms with van der Waals surface area (Å²) < 4.78 is 6.73. The number of aromatic nitrogens is 1. The first-order valence-corrected chi connectivity index (χ1v) is 9.20. The molecule has 1 atom stereocenters. The molecule has 3 aromatic rings. The monoisotopic (exact) mass is 348 g/mol. The van der Waals surface area contributed by atoms with Gasteiger partial charge in [-0.2, -0.15) is 0 Å². The standard InChI is InChI=1S/C21H20N2O3/c24-20(13-22-18-7-3-4-8-19(18)26-21(22)25)23(15-10-11-15)17-12-9-14-5-1-2-6-16(14)17/h1-8,15,17H,9-13H2/t17-/m0/s1. The number of nitrogens with zero attached hydrogens (tertiary/aromatic N) is 2. The van der Waals surface area contributed by atoms with E-state index in [2.05, 4.69) is 18.2 Å². The van der Waals surface area contributed by atoms with Gasteiger partial charge in [-0.05, 0) is 48.9 Å². The number of rotatable bonds is 4. The van der Waals surface area contributed by atoms with Crippen molar-refractivity contribution in [2.45, 2.75) is 44.3 Å². The zero-order valence-corrected chi connectivity index (χ0v) is 14.4. The molecular weight excluding hydrogens is 328 g/mol. The van der Waals surface area contributed by atoms with Crippen LogP contribution in [-0.2, 0) is 17.8 Å². The number of oxazole rings is 1. The molecule has 2 aliphatic carbocycles. The van der Waals surface area contributed by atoms with Crippen molar-refractivity contribution in [3.63, 3.8) is 0 Å². The fourth-order valence-corrected chi connectivity index (χ4v) is 4.19. The molecule has 5 nitrogen and oxygen atoms in total. The van der Waals surface area contributed by atoms with Crippen LogP contribution in [-0.4, -0.2) is 21.4 Å². The van der Waals surface area contributed by atoms with Crippen LogP contribution < -0.4 is 5.76 Å². The molecule has 0 radical (unpaired) electrons. The maximum Gasteiger partial charge on any atom is 0.420 e. The highest BCUT2D eigenvalue weighted by atomic mass is 16.4. The largest absolute Gasteiger partial charge is 0.420 e. The molecule has 0 N–H and O–H groups in total. The maximum atomic E-state index is 13.2. The van der Waals surface area contributed by atoms with Crippen LogP contribution in [0, 0.1) is 0 Å². The summed E-state index contributed by atoms with van der Waals surface area (Å²) in [6.45, 7) is 0.0328. The Morgan fingerprint density at radius 1 is 1.08 bits per heavy atom. The second kappa shape index (κ2) is 5.87. The third-order valence-corrected chi connectivity index (χ3v) is 5.53. The SMILES string of the molecule is O=C(Cn1c(=O)oc2ccccc21)N(C1CC1)[C@H]1CCc2ccccc21. The topological polar surface area (TPSA) is 55.5 Å². The van der Waals surface area contributed by atoms with E-state index < -0.39 is 5.76 Å². The van der Waals surface area contributed by atoms with Gasteiger partial charge in [0.15, 0.2) is 5.58 Å². The Labute approximate surface area is 150 Å². The summed E-state index contributed by atoms with van der Waals surface area (Å²) in [4.78, 5) is 27.5. The van der Waals surface area contributed by atoms with Gasteiger partial charge in [0, 0.05) is 6.04 Å². The van der Waals surface area contributed by atoms with E-state index in [0.29, 0.717) is 17.1 Å². The lowest BCUT2D eigenvalue weighted by Gasteiger charge is -2.30. The Morgan fingerprint density at radius 3 is 2.69 bits per heavy atom. The summed E-state index contributed by atoms with van der Waals surface area (Å²) in [6, 6.07) is 16.1. The molecule has 1 fully saturated rings. The molecule has 0 bridgehead atoms. The summed E-state index contributed by atoms with van der Waals surface area (Å²) in [5.74, 6) is -0.468. The van der Waals surface area contributed by atoms with Crippen molar-refractivity contribution in [1.82, 2.24) is 9.47 Å². The van der Waals surface area contributed by atoms with Gasteiger partial charge < -0.3 is 9.32 Å². The second-order valence-corrected chi connectivity index (χ2v) is 7.21. The lowest BCUT2D eigenvalue weighted by atomic mass is 10.1. The fourth-order valence-electron chi connectivity index (χ4n) is 4.19. The van der Waals surface area contributed by atoms with E-state index in [-0.39, 0.29) is 18.5 Å². The molecule has 2 aliphatic rings. The van der Waals surface area contributed by atoms with Crippen LogP contribution >= 0.6 is 0 Å². The Bertz CT molecular complexity index is 1040. The lowest BCUT2D eigenvalue weighted by Crippen LogP contribution is -2.39. The number of para-hydroxylation sites is 2. The molecule has 1 aromatic heterocycles. The van der Waals surface area contributed by atoms with Crippen molar-refractivity contribution >= 4 is 17.0 Å². The van der Waals surface area contributed by atoms with Gasteiger partial charge in [0.05, 0.1) is 11.6 Å². The molecule has 1 saturated carbocycles. The first-order chi connectivity index (χ1) is 12.7. The van der Waals surface area contributed by atoms with Gasteiger partial charge in [-0.3, -0.25) is 9.36 Å². The third kappa shape index (κ3) is 2.46. The average Bonchev–Trinajstić information content (AvgIpc) is 3.32. The Morgan fingerprint density at radius 2 is 1.85 bits per heavy atom. The third-order valence-electron chi connectivity index (χ3n) is 5.53. The number of hydrogen-bond acceptors (Lipinski definition) is 3. The molecular formula is C21H20N2O3. The van der Waals surface area contributed by atoms with E-state index in [9.17, 15) is 9.59 Å². The number of aryl methyl sites for hydroxylation is 1. The predicted octanol–water partition coefficient (Wildman–Crippen LogP) is 3.27. The van der Waals surface area contributed by atoms with Crippen molar-refractivity contribution < 1.29 is 9.21 Å². The molecule has 26 heavy (non-hydrogen) atoms. The van der Waals surface area contributed by atoms with E-state index in [1.54, 1.807) is 6.07 Å².